The van der Waals surface area contributed by atoms with Crippen LogP contribution in [0.1, 0.15) is 87.7 Å². The van der Waals surface area contributed by atoms with E-state index in [2.05, 4.69) is 10.6 Å². The minimum atomic E-state index is -1.73. The van der Waals surface area contributed by atoms with Gasteiger partial charge in [-0.3, -0.25) is 4.79 Å². The number of nitrogens with two attached hydrogens (primary N) is 1. The topological polar surface area (TPSA) is 163 Å². The molecule has 0 radical (unpaired) electrons. The molecule has 2 saturated heterocycles. The number of pyridine rings is 1. The second-order valence-corrected chi connectivity index (χ2v) is 15.0. The van der Waals surface area contributed by atoms with Gasteiger partial charge < -0.3 is 35.7 Å². The number of carbonyl (C=O) groups is 2. The molecule has 0 bridgehead atoms. The van der Waals surface area contributed by atoms with E-state index in [9.17, 15) is 33.5 Å². The molecule has 6 atom stereocenters. The maximum Gasteiger partial charge on any atom is 0.408 e. The fourth-order valence-corrected chi connectivity index (χ4v) is 8.05. The molecule has 5 aliphatic rings. The van der Waals surface area contributed by atoms with Crippen molar-refractivity contribution in [2.45, 2.75) is 106 Å². The lowest BCUT2D eigenvalue weighted by atomic mass is 9.88. The second kappa shape index (κ2) is 11.3. The number of anilines is 1. The zero-order chi connectivity index (χ0) is 35.0. The minimum Gasteiger partial charge on any atom is -0.477 e. The number of aromatic carboxylic acids is 1. The monoisotopic (exact) mass is 676 g/mol. The number of fused-ring (bicyclic) bond motifs is 3. The van der Waals surface area contributed by atoms with Crippen molar-refractivity contribution in [3.05, 3.63) is 39.4 Å². The number of nitrogens with one attached hydrogen (secondary N) is 2. The van der Waals surface area contributed by atoms with E-state index < -0.39 is 69.1 Å². The Labute approximate surface area is 274 Å². The fraction of sp³-hybridized carbons (Fsp3) is 0.636. The first-order valence-corrected chi connectivity index (χ1v) is 16.2. The largest absolute Gasteiger partial charge is 0.477 e. The molecule has 3 saturated carbocycles. The number of alkyl carbamates (subject to hydrolysis) is 1. The SMILES string of the molecule is CC(C)(C)OC(=O)N[C@@]12CCC[C@]1(F)CNC2.N#Cc1c(N2C[C@]3(N)CCC[C@]3(F)C2)c(F)cc2c(=O)c(C(=O)O)cn([C@@H]3C[C@@H]3F)c12. The Hall–Kier alpha value is -3.90. The molecule has 5 N–H and O–H groups in total. The first-order chi connectivity index (χ1) is 22.4. The lowest BCUT2D eigenvalue weighted by molar-refractivity contribution is 0.0333. The van der Waals surface area contributed by atoms with Gasteiger partial charge in [-0.15, -0.1) is 0 Å². The summed E-state index contributed by atoms with van der Waals surface area (Å²) in [6, 6.07) is 1.98. The van der Waals surface area contributed by atoms with Crippen molar-refractivity contribution in [2.75, 3.05) is 31.1 Å². The normalized spacial score (nSPS) is 33.4. The van der Waals surface area contributed by atoms with Gasteiger partial charge in [0.1, 0.15) is 46.1 Å². The number of carboxylic acids is 1. The summed E-state index contributed by atoms with van der Waals surface area (Å²) >= 11 is 0. The average Bonchev–Trinajstić information content (AvgIpc) is 3.18. The van der Waals surface area contributed by atoms with Crippen molar-refractivity contribution in [2.24, 2.45) is 5.73 Å². The number of nitriles is 1. The van der Waals surface area contributed by atoms with Gasteiger partial charge in [-0.2, -0.15) is 5.26 Å². The molecule has 260 valence electrons. The van der Waals surface area contributed by atoms with Crippen LogP contribution in [0.5, 0.6) is 0 Å². The number of nitrogens with zero attached hydrogens (tertiary/aromatic N) is 3. The Balaban J connectivity index is 0.000000200. The zero-order valence-electron chi connectivity index (χ0n) is 27.1. The molecule has 1 aromatic heterocycles. The van der Waals surface area contributed by atoms with Gasteiger partial charge in [0, 0.05) is 32.3 Å². The van der Waals surface area contributed by atoms with Crippen LogP contribution in [0.15, 0.2) is 17.1 Å². The third-order valence-corrected chi connectivity index (χ3v) is 10.5. The number of alkyl halides is 3. The molecule has 5 fully saturated rings. The van der Waals surface area contributed by atoms with Crippen molar-refractivity contribution in [1.29, 1.82) is 5.26 Å². The van der Waals surface area contributed by atoms with E-state index in [1.165, 1.54) is 9.47 Å². The summed E-state index contributed by atoms with van der Waals surface area (Å²) < 4.78 is 65.6. The third-order valence-electron chi connectivity index (χ3n) is 10.5. The molecule has 3 aliphatic carbocycles. The molecular weight excluding hydrogens is 636 g/mol. The third kappa shape index (κ3) is 5.46. The van der Waals surface area contributed by atoms with Gasteiger partial charge in [-0.05, 0) is 65.4 Å². The molecule has 2 aromatic rings. The number of hydrogen-bond acceptors (Lipinski definition) is 8. The summed E-state index contributed by atoms with van der Waals surface area (Å²) in [7, 11) is 0. The van der Waals surface area contributed by atoms with Gasteiger partial charge in [0.15, 0.2) is 0 Å². The van der Waals surface area contributed by atoms with E-state index >= 15 is 8.78 Å². The van der Waals surface area contributed by atoms with Gasteiger partial charge in [0.25, 0.3) is 0 Å². The van der Waals surface area contributed by atoms with E-state index in [1.54, 1.807) is 20.8 Å². The van der Waals surface area contributed by atoms with Crippen LogP contribution >= 0.6 is 0 Å². The molecule has 15 heteroatoms. The first kappa shape index (κ1) is 34.0. The summed E-state index contributed by atoms with van der Waals surface area (Å²) in [5.41, 5.74) is -1.36. The molecule has 2 aliphatic heterocycles. The summed E-state index contributed by atoms with van der Waals surface area (Å²) in [4.78, 5) is 37.4. The summed E-state index contributed by atoms with van der Waals surface area (Å²) in [5, 5.41) is 24.7. The fourth-order valence-electron chi connectivity index (χ4n) is 8.05. The van der Waals surface area contributed by atoms with E-state index in [-0.39, 0.29) is 48.1 Å². The molecular formula is C33H40F4N6O5. The van der Waals surface area contributed by atoms with Crippen molar-refractivity contribution in [3.8, 4) is 6.07 Å². The highest BCUT2D eigenvalue weighted by Crippen LogP contribution is 2.49. The number of rotatable bonds is 4. The van der Waals surface area contributed by atoms with E-state index in [1.807, 2.05) is 6.07 Å². The number of carboxylic acid groups (broad SMARTS) is 1. The summed E-state index contributed by atoms with van der Waals surface area (Å²) in [5.74, 6) is -2.48. The standard InChI is InChI=1S/C21H19F3N4O3.C12H21FN2O2/c22-13-5-15(13)28-7-12(19(30)31)18(29)10-4-14(23)17(11(6-25)16(10)28)27-8-20(24)2-1-3-21(20,26)9-27;1-10(2,3)17-9(16)15-12-6-4-5-11(12,13)7-14-8-12/h4,7,13,15H,1-3,5,8-9,26H2,(H,30,31);14H,4-8H2,1-3H3,(H,15,16)/t13-,15+,20-,21+;11-,12+/m00/s1. The highest BCUT2D eigenvalue weighted by atomic mass is 19.2. The average molecular weight is 677 g/mol. The van der Waals surface area contributed by atoms with E-state index in [0.29, 0.717) is 38.8 Å². The van der Waals surface area contributed by atoms with Crippen LogP contribution in [0.4, 0.5) is 28.0 Å². The Morgan fingerprint density at radius 1 is 1.15 bits per heavy atom. The van der Waals surface area contributed by atoms with Gasteiger partial charge >= 0.3 is 12.1 Å². The van der Waals surface area contributed by atoms with Crippen LogP contribution in [-0.4, -0.2) is 82.1 Å². The Kier molecular flexibility index (Phi) is 8.02. The first-order valence-electron chi connectivity index (χ1n) is 16.2. The number of hydrogen-bond donors (Lipinski definition) is 4. The summed E-state index contributed by atoms with van der Waals surface area (Å²) in [6.45, 7) is 6.00. The lowest BCUT2D eigenvalue weighted by Gasteiger charge is -2.34. The van der Waals surface area contributed by atoms with Crippen LogP contribution < -0.4 is 26.7 Å². The van der Waals surface area contributed by atoms with Crippen LogP contribution in [-0.2, 0) is 4.74 Å². The van der Waals surface area contributed by atoms with Crippen molar-refractivity contribution in [3.63, 3.8) is 0 Å². The molecule has 3 heterocycles. The highest BCUT2D eigenvalue weighted by Gasteiger charge is 2.61. The van der Waals surface area contributed by atoms with Gasteiger partial charge in [0.05, 0.1) is 40.3 Å². The minimum absolute atomic E-state index is 0.00673. The van der Waals surface area contributed by atoms with Crippen LogP contribution in [0, 0.1) is 17.1 Å². The van der Waals surface area contributed by atoms with Crippen molar-refractivity contribution < 1.29 is 37.0 Å². The number of halogens is 4. The zero-order valence-corrected chi connectivity index (χ0v) is 27.1. The van der Waals surface area contributed by atoms with Gasteiger partial charge in [0.2, 0.25) is 5.43 Å². The van der Waals surface area contributed by atoms with Crippen LogP contribution in [0.25, 0.3) is 10.9 Å². The van der Waals surface area contributed by atoms with E-state index in [0.717, 1.165) is 18.7 Å². The molecule has 1 amide bonds. The lowest BCUT2D eigenvalue weighted by Crippen LogP contribution is -2.59. The number of amides is 1. The Bertz CT molecular complexity index is 1760. The maximum atomic E-state index is 15.4. The predicted molar refractivity (Wildman–Crippen MR) is 168 cm³/mol. The van der Waals surface area contributed by atoms with Crippen molar-refractivity contribution in [1.82, 2.24) is 15.2 Å². The quantitative estimate of drug-likeness (QED) is 0.349. The van der Waals surface area contributed by atoms with Crippen molar-refractivity contribution >= 4 is 28.7 Å². The molecule has 1 aromatic carbocycles. The van der Waals surface area contributed by atoms with Gasteiger partial charge in [-0.1, -0.05) is 0 Å². The predicted octanol–water partition coefficient (Wildman–Crippen LogP) is 4.15. The number of aromatic nitrogens is 1. The molecule has 48 heavy (non-hydrogen) atoms. The Morgan fingerprint density at radius 2 is 1.81 bits per heavy atom. The number of carbonyl (C=O) groups excluding carboxylic acids is 1. The van der Waals surface area contributed by atoms with Crippen LogP contribution in [0.2, 0.25) is 0 Å². The highest BCUT2D eigenvalue weighted by molar-refractivity contribution is 5.96. The smallest absolute Gasteiger partial charge is 0.408 e. The molecule has 7 rings (SSSR count). The number of benzene rings is 1. The van der Waals surface area contributed by atoms with E-state index in [4.69, 9.17) is 10.5 Å². The van der Waals surface area contributed by atoms with Crippen LogP contribution in [0.3, 0.4) is 0 Å². The second-order valence-electron chi connectivity index (χ2n) is 15.0. The van der Waals surface area contributed by atoms with Gasteiger partial charge in [-0.25, -0.2) is 27.2 Å². The molecule has 11 nitrogen and oxygen atoms in total. The maximum absolute atomic E-state index is 15.4. The molecule has 0 unspecified atom stereocenters. The molecule has 0 spiro atoms. The Morgan fingerprint density at radius 3 is 2.42 bits per heavy atom. The number of ether oxygens (including phenoxy) is 1. The summed E-state index contributed by atoms with van der Waals surface area (Å²) in [6.07, 6.45) is 2.55.